The molecule has 4 heteroatoms. The lowest BCUT2D eigenvalue weighted by Crippen LogP contribution is -2.40. The average Bonchev–Trinajstić information content (AvgIpc) is 1.95. The van der Waals surface area contributed by atoms with Crippen LogP contribution in [0.3, 0.4) is 0 Å². The van der Waals surface area contributed by atoms with E-state index in [1.54, 1.807) is 0 Å². The number of hydrogen-bond donors (Lipinski definition) is 0. The molecule has 1 atom stereocenters. The zero-order valence-corrected chi connectivity index (χ0v) is 8.02. The van der Waals surface area contributed by atoms with Gasteiger partial charge in [-0.3, -0.25) is 4.18 Å². The third-order valence-electron chi connectivity index (χ3n) is 2.10. The van der Waals surface area contributed by atoms with E-state index in [-0.39, 0.29) is 11.2 Å². The van der Waals surface area contributed by atoms with Gasteiger partial charge in [-0.25, -0.2) is 0 Å². The fourth-order valence-electron chi connectivity index (χ4n) is 1.10. The highest BCUT2D eigenvalue weighted by Crippen LogP contribution is 2.33. The van der Waals surface area contributed by atoms with E-state index in [1.807, 2.05) is 13.8 Å². The zero-order valence-electron chi connectivity index (χ0n) is 7.20. The van der Waals surface area contributed by atoms with Crippen LogP contribution in [-0.4, -0.2) is 20.3 Å². The van der Waals surface area contributed by atoms with Crippen LogP contribution in [-0.2, 0) is 14.3 Å². The van der Waals surface area contributed by atoms with Crippen LogP contribution < -0.4 is 0 Å². The minimum atomic E-state index is -3.36. The van der Waals surface area contributed by atoms with Gasteiger partial charge < -0.3 is 0 Å². The van der Waals surface area contributed by atoms with Crippen LogP contribution in [0.2, 0.25) is 0 Å². The summed E-state index contributed by atoms with van der Waals surface area (Å²) in [5.74, 6) is 2.42. The molecular weight excluding hydrogens is 176 g/mol. The third kappa shape index (κ3) is 1.79. The minimum Gasteiger partial charge on any atom is -0.253 e. The molecule has 0 saturated carbocycles. The highest BCUT2D eigenvalue weighted by atomic mass is 32.2. The first-order chi connectivity index (χ1) is 5.37. The average molecular weight is 188 g/mol. The molecule has 0 aromatic carbocycles. The number of hydrogen-bond acceptors (Lipinski definition) is 3. The summed E-state index contributed by atoms with van der Waals surface area (Å²) in [4.78, 5) is 0. The molecule has 1 aliphatic rings. The maximum Gasteiger partial charge on any atom is 0.268 e. The fourth-order valence-corrected chi connectivity index (χ4v) is 2.58. The Labute approximate surface area is 73.2 Å². The molecule has 1 unspecified atom stereocenters. The van der Waals surface area contributed by atoms with Gasteiger partial charge in [-0.1, -0.05) is 19.8 Å². The molecule has 0 radical (unpaired) electrons. The van der Waals surface area contributed by atoms with Gasteiger partial charge in [0.1, 0.15) is 6.10 Å². The van der Waals surface area contributed by atoms with Crippen molar-refractivity contribution in [1.82, 2.24) is 0 Å². The number of terminal acetylenes is 1. The molecule has 0 amide bonds. The summed E-state index contributed by atoms with van der Waals surface area (Å²) in [5.41, 5.74) is -0.236. The Morgan fingerprint density at radius 1 is 1.58 bits per heavy atom. The Morgan fingerprint density at radius 2 is 2.17 bits per heavy atom. The van der Waals surface area contributed by atoms with Crippen LogP contribution in [0.5, 0.6) is 0 Å². The predicted molar refractivity (Wildman–Crippen MR) is 45.9 cm³/mol. The molecular formula is C8H12O3S. The second-order valence-corrected chi connectivity index (χ2v) is 5.36. The van der Waals surface area contributed by atoms with Crippen molar-refractivity contribution in [3.05, 3.63) is 0 Å². The maximum atomic E-state index is 11.0. The maximum absolute atomic E-state index is 11.0. The van der Waals surface area contributed by atoms with Crippen LogP contribution in [0, 0.1) is 17.8 Å². The second kappa shape index (κ2) is 2.75. The zero-order chi connectivity index (χ0) is 9.41. The molecule has 68 valence electrons. The minimum absolute atomic E-state index is 0.0676. The first kappa shape index (κ1) is 9.56. The Bertz CT molecular complexity index is 308. The van der Waals surface area contributed by atoms with Crippen molar-refractivity contribution in [2.75, 3.05) is 5.75 Å². The Morgan fingerprint density at radius 3 is 2.58 bits per heavy atom. The van der Waals surface area contributed by atoms with Crippen molar-refractivity contribution in [1.29, 1.82) is 0 Å². The monoisotopic (exact) mass is 188 g/mol. The quantitative estimate of drug-likeness (QED) is 0.416. The lowest BCUT2D eigenvalue weighted by atomic mass is 9.84. The highest BCUT2D eigenvalue weighted by molar-refractivity contribution is 7.86. The Kier molecular flexibility index (Phi) is 2.19. The van der Waals surface area contributed by atoms with E-state index < -0.39 is 16.2 Å². The summed E-state index contributed by atoms with van der Waals surface area (Å²) in [7, 11) is -3.36. The van der Waals surface area contributed by atoms with Gasteiger partial charge in [-0.15, -0.1) is 6.42 Å². The first-order valence-corrected chi connectivity index (χ1v) is 5.32. The van der Waals surface area contributed by atoms with E-state index >= 15 is 0 Å². The van der Waals surface area contributed by atoms with Crippen molar-refractivity contribution in [3.63, 3.8) is 0 Å². The van der Waals surface area contributed by atoms with Crippen LogP contribution >= 0.6 is 0 Å². The van der Waals surface area contributed by atoms with Gasteiger partial charge in [0.05, 0.1) is 5.75 Å². The van der Waals surface area contributed by atoms with Crippen molar-refractivity contribution < 1.29 is 12.6 Å². The fraction of sp³-hybridized carbons (Fsp3) is 0.750. The third-order valence-corrected chi connectivity index (χ3v) is 3.29. The number of rotatable bonds is 0. The molecule has 1 heterocycles. The largest absolute Gasteiger partial charge is 0.268 e. The van der Waals surface area contributed by atoms with Crippen molar-refractivity contribution in [2.45, 2.75) is 26.4 Å². The lowest BCUT2D eigenvalue weighted by molar-refractivity contribution is 0.105. The van der Waals surface area contributed by atoms with Crippen molar-refractivity contribution >= 4 is 10.1 Å². The van der Waals surface area contributed by atoms with Crippen LogP contribution in [0.25, 0.3) is 0 Å². The smallest absolute Gasteiger partial charge is 0.253 e. The Balaban J connectivity index is 2.90. The summed E-state index contributed by atoms with van der Waals surface area (Å²) >= 11 is 0. The highest BCUT2D eigenvalue weighted by Gasteiger charge is 2.38. The van der Waals surface area contributed by atoms with E-state index in [4.69, 9.17) is 10.6 Å². The van der Waals surface area contributed by atoms with Crippen LogP contribution in [0.15, 0.2) is 0 Å². The summed E-state index contributed by atoms with van der Waals surface area (Å²) in [6.07, 6.45) is 5.11. The van der Waals surface area contributed by atoms with E-state index in [1.165, 1.54) is 0 Å². The predicted octanol–water partition coefficient (Wildman–Crippen LogP) is 0.765. The molecule has 0 aliphatic carbocycles. The Hall–Kier alpha value is -0.530. The first-order valence-electron chi connectivity index (χ1n) is 3.74. The van der Waals surface area contributed by atoms with Gasteiger partial charge in [0.2, 0.25) is 0 Å². The van der Waals surface area contributed by atoms with Crippen LogP contribution in [0.1, 0.15) is 20.3 Å². The molecule has 1 rings (SSSR count). The summed E-state index contributed by atoms with van der Waals surface area (Å²) in [6, 6.07) is 0. The van der Waals surface area contributed by atoms with Crippen LogP contribution in [0.4, 0.5) is 0 Å². The molecule has 0 aromatic heterocycles. The molecule has 3 nitrogen and oxygen atoms in total. The van der Waals surface area contributed by atoms with Gasteiger partial charge >= 0.3 is 0 Å². The van der Waals surface area contributed by atoms with Crippen molar-refractivity contribution in [2.24, 2.45) is 5.41 Å². The van der Waals surface area contributed by atoms with E-state index in [0.717, 1.165) is 0 Å². The van der Waals surface area contributed by atoms with E-state index in [0.29, 0.717) is 6.42 Å². The standard InChI is InChI=1S/C8H12O3S/c1-4-7-8(2,3)5-6-12(9,10)11-7/h1,7H,5-6H2,2-3H3. The molecule has 1 saturated heterocycles. The van der Waals surface area contributed by atoms with Gasteiger partial charge in [0.25, 0.3) is 10.1 Å². The SMILES string of the molecule is C#CC1OS(=O)(=O)CCC1(C)C. The molecule has 0 aromatic rings. The van der Waals surface area contributed by atoms with E-state index in [2.05, 4.69) is 5.92 Å². The lowest BCUT2D eigenvalue weighted by Gasteiger charge is -2.34. The second-order valence-electron chi connectivity index (χ2n) is 3.64. The molecule has 0 spiro atoms. The normalized spacial score (nSPS) is 32.2. The summed E-state index contributed by atoms with van der Waals surface area (Å²) in [6.45, 7) is 3.82. The summed E-state index contributed by atoms with van der Waals surface area (Å²) < 4.78 is 26.8. The van der Waals surface area contributed by atoms with Gasteiger partial charge in [0, 0.05) is 5.41 Å². The topological polar surface area (TPSA) is 43.4 Å². The molecule has 1 aliphatic heterocycles. The molecule has 1 fully saturated rings. The molecule has 0 bridgehead atoms. The van der Waals surface area contributed by atoms with Gasteiger partial charge in [-0.05, 0) is 6.42 Å². The molecule has 0 N–H and O–H groups in total. The summed E-state index contributed by atoms with van der Waals surface area (Å²) in [5, 5.41) is 0. The van der Waals surface area contributed by atoms with Gasteiger partial charge in [0.15, 0.2) is 0 Å². The molecule has 12 heavy (non-hydrogen) atoms. The van der Waals surface area contributed by atoms with Crippen molar-refractivity contribution in [3.8, 4) is 12.3 Å². The van der Waals surface area contributed by atoms with Gasteiger partial charge in [-0.2, -0.15) is 8.42 Å². The van der Waals surface area contributed by atoms with E-state index in [9.17, 15) is 8.42 Å².